The number of nitrogens with zero attached hydrogens (tertiary/aromatic N) is 3. The molecule has 2 aromatic rings. The summed E-state index contributed by atoms with van der Waals surface area (Å²) in [7, 11) is 1.46. The maximum absolute atomic E-state index is 12.7. The number of nitrogen functional groups attached to an aromatic ring is 1. The zero-order valence-corrected chi connectivity index (χ0v) is 13.9. The molecule has 4 atom stereocenters. The molecule has 2 saturated heterocycles. The molecule has 0 unspecified atom stereocenters. The Hall–Kier alpha value is -2.21. The van der Waals surface area contributed by atoms with Crippen LogP contribution in [0.1, 0.15) is 20.1 Å². The van der Waals surface area contributed by atoms with Gasteiger partial charge in [0.1, 0.15) is 18.3 Å². The predicted molar refractivity (Wildman–Crippen MR) is 84.8 cm³/mol. The summed E-state index contributed by atoms with van der Waals surface area (Å²) < 4.78 is 19.9. The molecule has 0 aromatic carbocycles. The van der Waals surface area contributed by atoms with Crippen LogP contribution < -0.4 is 17.0 Å². The predicted octanol–water partition coefficient (Wildman–Crippen LogP) is -1.58. The molecule has 0 spiro atoms. The number of nitrogens with one attached hydrogen (secondary N) is 1. The normalized spacial score (nSPS) is 30.9. The third-order valence-corrected chi connectivity index (χ3v) is 4.51. The quantitative estimate of drug-likeness (QED) is 0.586. The van der Waals surface area contributed by atoms with Gasteiger partial charge < -0.3 is 25.1 Å². The van der Waals surface area contributed by atoms with Crippen LogP contribution in [0.4, 0.5) is 5.95 Å². The summed E-state index contributed by atoms with van der Waals surface area (Å²) in [4.78, 5) is 31.4. The summed E-state index contributed by atoms with van der Waals surface area (Å²) in [5, 5.41) is 9.58. The zero-order chi connectivity index (χ0) is 18.1. The second-order valence-corrected chi connectivity index (χ2v) is 6.65. The van der Waals surface area contributed by atoms with Gasteiger partial charge in [-0.2, -0.15) is 4.98 Å². The van der Waals surface area contributed by atoms with Crippen LogP contribution in [0.2, 0.25) is 0 Å². The highest BCUT2D eigenvalue weighted by atomic mass is 16.8. The molecule has 2 aliphatic heterocycles. The number of aliphatic hydroxyl groups is 1. The summed E-state index contributed by atoms with van der Waals surface area (Å²) >= 11 is 0. The SMILES string of the molecule is Cn1c(=O)n([C@@H]2O[C@H](CO)[C@H]3OC(C)(C)O[C@H]32)c2nc(N)[nH]c(=O)c21. The average molecular weight is 353 g/mol. The number of hydrogen-bond acceptors (Lipinski definition) is 8. The van der Waals surface area contributed by atoms with Gasteiger partial charge in [0.2, 0.25) is 5.95 Å². The summed E-state index contributed by atoms with van der Waals surface area (Å²) in [5.41, 5.74) is 4.75. The average Bonchev–Trinajstić information content (AvgIpc) is 3.08. The van der Waals surface area contributed by atoms with E-state index in [1.807, 2.05) is 0 Å². The van der Waals surface area contributed by atoms with Crippen molar-refractivity contribution in [2.75, 3.05) is 12.3 Å². The molecule has 0 amide bonds. The summed E-state index contributed by atoms with van der Waals surface area (Å²) in [6.45, 7) is 3.18. The monoisotopic (exact) mass is 353 g/mol. The Morgan fingerprint density at radius 1 is 1.32 bits per heavy atom. The van der Waals surface area contributed by atoms with E-state index >= 15 is 0 Å². The fraction of sp³-hybridized carbons (Fsp3) is 0.643. The fourth-order valence-corrected chi connectivity index (χ4v) is 3.53. The molecule has 11 heteroatoms. The third-order valence-electron chi connectivity index (χ3n) is 4.51. The van der Waals surface area contributed by atoms with Crippen LogP contribution in [-0.2, 0) is 21.3 Å². The molecule has 2 fully saturated rings. The van der Waals surface area contributed by atoms with E-state index in [9.17, 15) is 14.7 Å². The van der Waals surface area contributed by atoms with Gasteiger partial charge in [0.15, 0.2) is 23.2 Å². The van der Waals surface area contributed by atoms with Gasteiger partial charge >= 0.3 is 5.69 Å². The molecule has 4 rings (SSSR count). The minimum absolute atomic E-state index is 0.0740. The van der Waals surface area contributed by atoms with E-state index in [-0.39, 0.29) is 23.7 Å². The molecule has 2 aromatic heterocycles. The number of H-pyrrole nitrogens is 1. The molecule has 0 aliphatic carbocycles. The van der Waals surface area contributed by atoms with Crippen LogP contribution in [0.15, 0.2) is 9.59 Å². The molecule has 11 nitrogen and oxygen atoms in total. The van der Waals surface area contributed by atoms with E-state index in [1.54, 1.807) is 13.8 Å². The standard InChI is InChI=1S/C14H19N5O6/c1-14(2)24-7-5(4-20)23-11(8(7)25-14)19-9-6(18(3)13(19)22)10(21)17-12(15)16-9/h5,7-8,11,20H,4H2,1-3H3,(H3,15,16,17,21)/t5-,7-,8-,11-/m1/s1. The highest BCUT2D eigenvalue weighted by Gasteiger charge is 2.56. The molecular formula is C14H19N5O6. The highest BCUT2D eigenvalue weighted by Crippen LogP contribution is 2.43. The first kappa shape index (κ1) is 16.3. The minimum Gasteiger partial charge on any atom is -0.394 e. The molecule has 25 heavy (non-hydrogen) atoms. The lowest BCUT2D eigenvalue weighted by Crippen LogP contribution is -2.34. The van der Waals surface area contributed by atoms with Gasteiger partial charge in [-0.15, -0.1) is 0 Å². The smallest absolute Gasteiger partial charge is 0.332 e. The van der Waals surface area contributed by atoms with Crippen molar-refractivity contribution < 1.29 is 19.3 Å². The Morgan fingerprint density at radius 2 is 2.00 bits per heavy atom. The van der Waals surface area contributed by atoms with Gasteiger partial charge in [0, 0.05) is 7.05 Å². The number of ether oxygens (including phenoxy) is 3. The maximum atomic E-state index is 12.7. The van der Waals surface area contributed by atoms with Crippen molar-refractivity contribution in [1.29, 1.82) is 0 Å². The number of aromatic amines is 1. The number of hydrogen-bond donors (Lipinski definition) is 3. The van der Waals surface area contributed by atoms with Gasteiger partial charge in [0.25, 0.3) is 5.56 Å². The van der Waals surface area contributed by atoms with Crippen LogP contribution >= 0.6 is 0 Å². The van der Waals surface area contributed by atoms with Gasteiger partial charge in [-0.05, 0) is 13.8 Å². The first-order valence-corrected chi connectivity index (χ1v) is 7.82. The number of aryl methyl sites for hydroxylation is 1. The van der Waals surface area contributed by atoms with E-state index in [2.05, 4.69) is 9.97 Å². The van der Waals surface area contributed by atoms with Crippen LogP contribution in [0, 0.1) is 0 Å². The Labute approximate surface area is 140 Å². The number of aliphatic hydroxyl groups excluding tert-OH is 1. The fourth-order valence-electron chi connectivity index (χ4n) is 3.53. The maximum Gasteiger partial charge on any atom is 0.332 e. The number of imidazole rings is 1. The van der Waals surface area contributed by atoms with Crippen molar-refractivity contribution >= 4 is 17.1 Å². The Morgan fingerprint density at radius 3 is 2.68 bits per heavy atom. The first-order chi connectivity index (χ1) is 11.7. The van der Waals surface area contributed by atoms with Crippen LogP contribution in [-0.4, -0.2) is 54.9 Å². The van der Waals surface area contributed by atoms with Crippen LogP contribution in [0.5, 0.6) is 0 Å². The Balaban J connectivity index is 1.92. The Bertz CT molecular complexity index is 959. The third kappa shape index (κ3) is 2.24. The number of aromatic nitrogens is 4. The molecule has 0 radical (unpaired) electrons. The van der Waals surface area contributed by atoms with Crippen molar-refractivity contribution in [3.05, 3.63) is 20.8 Å². The van der Waals surface area contributed by atoms with Crippen molar-refractivity contribution in [2.24, 2.45) is 7.05 Å². The summed E-state index contributed by atoms with van der Waals surface area (Å²) in [5.74, 6) is -1.00. The van der Waals surface area contributed by atoms with E-state index in [4.69, 9.17) is 19.9 Å². The molecule has 136 valence electrons. The number of fused-ring (bicyclic) bond motifs is 2. The van der Waals surface area contributed by atoms with Gasteiger partial charge in [0.05, 0.1) is 6.61 Å². The van der Waals surface area contributed by atoms with Crippen molar-refractivity contribution in [2.45, 2.75) is 44.2 Å². The van der Waals surface area contributed by atoms with E-state index in [1.165, 1.54) is 16.2 Å². The molecule has 4 N–H and O–H groups in total. The number of anilines is 1. The second kappa shape index (κ2) is 5.14. The lowest BCUT2D eigenvalue weighted by Gasteiger charge is -2.23. The van der Waals surface area contributed by atoms with Crippen molar-refractivity contribution in [3.8, 4) is 0 Å². The molecule has 2 aliphatic rings. The van der Waals surface area contributed by atoms with Gasteiger partial charge in [-0.3, -0.25) is 14.3 Å². The van der Waals surface area contributed by atoms with Gasteiger partial charge in [-0.1, -0.05) is 0 Å². The summed E-state index contributed by atoms with van der Waals surface area (Å²) in [6.07, 6.45) is -2.77. The largest absolute Gasteiger partial charge is 0.394 e. The van der Waals surface area contributed by atoms with Crippen LogP contribution in [0.3, 0.4) is 0 Å². The molecule has 0 saturated carbocycles. The molecule has 4 heterocycles. The molecular weight excluding hydrogens is 334 g/mol. The van der Waals surface area contributed by atoms with Crippen molar-refractivity contribution in [1.82, 2.24) is 19.1 Å². The summed E-state index contributed by atoms with van der Waals surface area (Å²) in [6, 6.07) is 0. The topological polar surface area (TPSA) is 147 Å². The first-order valence-electron chi connectivity index (χ1n) is 7.82. The van der Waals surface area contributed by atoms with Gasteiger partial charge in [-0.25, -0.2) is 9.36 Å². The van der Waals surface area contributed by atoms with E-state index in [0.717, 1.165) is 0 Å². The highest BCUT2D eigenvalue weighted by molar-refractivity contribution is 5.71. The minimum atomic E-state index is -0.908. The number of rotatable bonds is 2. The number of nitrogens with two attached hydrogens (primary N) is 1. The lowest BCUT2D eigenvalue weighted by atomic mass is 10.1. The van der Waals surface area contributed by atoms with E-state index in [0.29, 0.717) is 0 Å². The van der Waals surface area contributed by atoms with Crippen molar-refractivity contribution in [3.63, 3.8) is 0 Å². The van der Waals surface area contributed by atoms with Crippen LogP contribution in [0.25, 0.3) is 11.2 Å². The lowest BCUT2D eigenvalue weighted by molar-refractivity contribution is -0.200. The zero-order valence-electron chi connectivity index (χ0n) is 13.9. The van der Waals surface area contributed by atoms with E-state index < -0.39 is 41.6 Å². The Kier molecular flexibility index (Phi) is 3.35. The molecule has 0 bridgehead atoms. The second-order valence-electron chi connectivity index (χ2n) is 6.65.